The van der Waals surface area contributed by atoms with Gasteiger partial charge in [-0.05, 0) is 63.2 Å². The third kappa shape index (κ3) is 5.11. The monoisotopic (exact) mass is 576 g/mol. The van der Waals surface area contributed by atoms with Crippen LogP contribution in [0.3, 0.4) is 0 Å². The van der Waals surface area contributed by atoms with Gasteiger partial charge in [0, 0.05) is 40.7 Å². The third-order valence-electron chi connectivity index (χ3n) is 7.29. The van der Waals surface area contributed by atoms with Crippen molar-refractivity contribution in [1.29, 1.82) is 0 Å². The molecule has 1 fully saturated rings. The molecule has 0 amide bonds. The number of nitrogens with zero attached hydrogens (tertiary/aromatic N) is 3. The Morgan fingerprint density at radius 2 is 1.80 bits per heavy atom. The lowest BCUT2D eigenvalue weighted by Crippen LogP contribution is -2.29. The summed E-state index contributed by atoms with van der Waals surface area (Å²) < 4.78 is 60.2. The van der Waals surface area contributed by atoms with E-state index in [-0.39, 0.29) is 16.5 Å². The predicted molar refractivity (Wildman–Crippen MR) is 150 cm³/mol. The van der Waals surface area contributed by atoms with Crippen LogP contribution in [-0.2, 0) is 10.0 Å². The summed E-state index contributed by atoms with van der Waals surface area (Å²) in [4.78, 5) is 20.7. The second-order valence-electron chi connectivity index (χ2n) is 10.0. The van der Waals surface area contributed by atoms with Crippen LogP contribution in [0.5, 0.6) is 0 Å². The van der Waals surface area contributed by atoms with Crippen molar-refractivity contribution in [2.24, 2.45) is 0 Å². The van der Waals surface area contributed by atoms with E-state index < -0.39 is 38.7 Å². The number of rotatable bonds is 7. The number of aromatic nitrogens is 4. The van der Waals surface area contributed by atoms with E-state index in [2.05, 4.69) is 25.1 Å². The highest BCUT2D eigenvalue weighted by molar-refractivity contribution is 7.92. The van der Waals surface area contributed by atoms with Crippen LogP contribution in [0.1, 0.15) is 40.4 Å². The zero-order valence-corrected chi connectivity index (χ0v) is 22.8. The number of pyridine rings is 1. The maximum Gasteiger partial charge on any atom is 0.261 e. The normalized spacial score (nSPS) is 14.4. The average molecular weight is 577 g/mol. The van der Waals surface area contributed by atoms with Gasteiger partial charge in [0.05, 0.1) is 28.4 Å². The largest absolute Gasteiger partial charge is 0.345 e. The van der Waals surface area contributed by atoms with Crippen molar-refractivity contribution >= 4 is 32.5 Å². The van der Waals surface area contributed by atoms with Crippen molar-refractivity contribution in [3.8, 4) is 11.1 Å². The van der Waals surface area contributed by atoms with Gasteiger partial charge >= 0.3 is 0 Å². The molecule has 41 heavy (non-hydrogen) atoms. The number of hydrogen-bond donors (Lipinski definition) is 3. The number of piperidine rings is 1. The summed E-state index contributed by atoms with van der Waals surface area (Å²) in [5.41, 5.74) is 1.26. The zero-order chi connectivity index (χ0) is 28.7. The minimum absolute atomic E-state index is 0.00330. The van der Waals surface area contributed by atoms with E-state index in [9.17, 15) is 17.6 Å². The molecule has 1 aliphatic heterocycles. The molecule has 0 atom stereocenters. The van der Waals surface area contributed by atoms with Crippen LogP contribution in [0.4, 0.5) is 14.5 Å². The second kappa shape index (κ2) is 10.5. The van der Waals surface area contributed by atoms with Gasteiger partial charge < -0.3 is 10.3 Å². The number of ketones is 1. The van der Waals surface area contributed by atoms with Gasteiger partial charge in [0.25, 0.3) is 10.0 Å². The van der Waals surface area contributed by atoms with Crippen LogP contribution in [0, 0.1) is 18.6 Å². The van der Waals surface area contributed by atoms with Crippen molar-refractivity contribution < 1.29 is 22.0 Å². The maximum absolute atomic E-state index is 15.6. The van der Waals surface area contributed by atoms with E-state index in [1.54, 1.807) is 37.5 Å². The Morgan fingerprint density at radius 1 is 1.05 bits per heavy atom. The van der Waals surface area contributed by atoms with E-state index in [0.29, 0.717) is 16.6 Å². The van der Waals surface area contributed by atoms with Crippen LogP contribution >= 0.6 is 0 Å². The number of anilines is 1. The SMILES string of the molecule is Cc1ccc(S(=O)(=O)Nc2ccc(F)c(C(=O)c3c[nH]c4ncc(-c5cnn(C6CCNCC6)c5)cc34)c2F)cc1. The first-order chi connectivity index (χ1) is 19.7. The number of nitrogens with one attached hydrogen (secondary N) is 3. The Hall–Kier alpha value is -4.42. The Morgan fingerprint density at radius 3 is 2.56 bits per heavy atom. The molecule has 0 spiro atoms. The Kier molecular flexibility index (Phi) is 6.88. The molecular weight excluding hydrogens is 550 g/mol. The fourth-order valence-corrected chi connectivity index (χ4v) is 6.06. The van der Waals surface area contributed by atoms with Crippen molar-refractivity contribution in [3.63, 3.8) is 0 Å². The van der Waals surface area contributed by atoms with Gasteiger partial charge in [0.15, 0.2) is 5.82 Å². The zero-order valence-electron chi connectivity index (χ0n) is 22.0. The van der Waals surface area contributed by atoms with Crippen LogP contribution in [-0.4, -0.2) is 47.0 Å². The Balaban J connectivity index is 1.33. The number of hydrogen-bond acceptors (Lipinski definition) is 6. The lowest BCUT2D eigenvalue weighted by Gasteiger charge is -2.22. The summed E-state index contributed by atoms with van der Waals surface area (Å²) in [5.74, 6) is -3.38. The van der Waals surface area contributed by atoms with Gasteiger partial charge in [-0.15, -0.1) is 0 Å². The molecule has 3 aromatic heterocycles. The van der Waals surface area contributed by atoms with Crippen molar-refractivity contribution in [3.05, 3.63) is 95.6 Å². The summed E-state index contributed by atoms with van der Waals surface area (Å²) >= 11 is 0. The molecule has 9 nitrogen and oxygen atoms in total. The highest BCUT2D eigenvalue weighted by Crippen LogP contribution is 2.31. The number of aryl methyl sites for hydroxylation is 1. The van der Waals surface area contributed by atoms with Gasteiger partial charge in [-0.1, -0.05) is 17.7 Å². The maximum atomic E-state index is 15.6. The number of carbonyl (C=O) groups excluding carboxylic acids is 1. The van der Waals surface area contributed by atoms with Gasteiger partial charge in [-0.3, -0.25) is 14.2 Å². The second-order valence-corrected chi connectivity index (χ2v) is 11.7. The third-order valence-corrected chi connectivity index (χ3v) is 8.67. The highest BCUT2D eigenvalue weighted by Gasteiger charge is 2.27. The molecule has 0 bridgehead atoms. The summed E-state index contributed by atoms with van der Waals surface area (Å²) in [7, 11) is -4.19. The van der Waals surface area contributed by atoms with E-state index in [1.165, 1.54) is 18.3 Å². The molecular formula is C29H26F2N6O3S. The molecule has 0 radical (unpaired) electrons. The van der Waals surface area contributed by atoms with Gasteiger partial charge in [-0.25, -0.2) is 22.2 Å². The van der Waals surface area contributed by atoms with Crippen LogP contribution < -0.4 is 10.0 Å². The first-order valence-electron chi connectivity index (χ1n) is 13.1. The van der Waals surface area contributed by atoms with Gasteiger partial charge in [0.1, 0.15) is 11.5 Å². The number of halogens is 2. The fourth-order valence-electron chi connectivity index (χ4n) is 5.00. The summed E-state index contributed by atoms with van der Waals surface area (Å²) in [6, 6.07) is 9.75. The first kappa shape index (κ1) is 26.8. The molecule has 5 aromatic rings. The minimum Gasteiger partial charge on any atom is -0.345 e. The molecule has 3 N–H and O–H groups in total. The standard InChI is InChI=1S/C29H26F2N6O3S/c1-17-2-4-21(5-3-17)41(39,40)36-25-7-6-24(30)26(27(25)31)28(38)23-15-34-29-22(23)12-18(13-33-29)19-14-35-37(16-19)20-8-10-32-11-9-20/h2-7,12-16,20,32,36H,8-11H2,1H3,(H,33,34). The highest BCUT2D eigenvalue weighted by atomic mass is 32.2. The number of sulfonamides is 1. The van der Waals surface area contributed by atoms with E-state index in [1.807, 2.05) is 10.9 Å². The molecule has 1 saturated heterocycles. The van der Waals surface area contributed by atoms with Crippen molar-refractivity contribution in [1.82, 2.24) is 25.1 Å². The predicted octanol–water partition coefficient (Wildman–Crippen LogP) is 4.97. The van der Waals surface area contributed by atoms with E-state index >= 15 is 4.39 Å². The van der Waals surface area contributed by atoms with Crippen LogP contribution in [0.15, 0.2) is 72.1 Å². The number of benzene rings is 2. The summed E-state index contributed by atoms with van der Waals surface area (Å²) in [5, 5.41) is 8.20. The Bertz CT molecular complexity index is 1880. The van der Waals surface area contributed by atoms with Crippen molar-refractivity contribution in [2.45, 2.75) is 30.7 Å². The molecule has 0 saturated carbocycles. The number of aromatic amines is 1. The van der Waals surface area contributed by atoms with Crippen molar-refractivity contribution in [2.75, 3.05) is 17.8 Å². The smallest absolute Gasteiger partial charge is 0.261 e. The van der Waals surface area contributed by atoms with E-state index in [0.717, 1.165) is 49.2 Å². The lowest BCUT2D eigenvalue weighted by atomic mass is 10.0. The summed E-state index contributed by atoms with van der Waals surface area (Å²) in [6.45, 7) is 3.64. The number of fused-ring (bicyclic) bond motifs is 1. The lowest BCUT2D eigenvalue weighted by molar-refractivity contribution is 0.103. The molecule has 6 rings (SSSR count). The van der Waals surface area contributed by atoms with Crippen LogP contribution in [0.2, 0.25) is 0 Å². The van der Waals surface area contributed by atoms with Gasteiger partial charge in [0.2, 0.25) is 5.78 Å². The minimum atomic E-state index is -4.19. The molecule has 0 unspecified atom stereocenters. The molecule has 0 aliphatic carbocycles. The topological polar surface area (TPSA) is 122 Å². The first-order valence-corrected chi connectivity index (χ1v) is 14.5. The van der Waals surface area contributed by atoms with Crippen LogP contribution in [0.25, 0.3) is 22.2 Å². The van der Waals surface area contributed by atoms with Gasteiger partial charge in [-0.2, -0.15) is 5.10 Å². The Labute approximate surface area is 234 Å². The molecule has 2 aromatic carbocycles. The fraction of sp³-hybridized carbons (Fsp3) is 0.207. The quantitative estimate of drug-likeness (QED) is 0.235. The molecule has 4 heterocycles. The number of H-pyrrole nitrogens is 1. The molecule has 1 aliphatic rings. The average Bonchev–Trinajstić information content (AvgIpc) is 3.63. The molecule has 210 valence electrons. The van der Waals surface area contributed by atoms with E-state index in [4.69, 9.17) is 0 Å². The number of carbonyl (C=O) groups is 1. The summed E-state index contributed by atoms with van der Waals surface area (Å²) in [6.07, 6.45) is 8.55. The molecule has 12 heteroatoms.